The summed E-state index contributed by atoms with van der Waals surface area (Å²) in [6, 6.07) is 8.51. The number of primary amides is 1. The van der Waals surface area contributed by atoms with Crippen LogP contribution in [0.5, 0.6) is 29.0 Å². The number of nitrogens with zero attached hydrogens (tertiary/aromatic N) is 4. The lowest BCUT2D eigenvalue weighted by Gasteiger charge is -2.28. The number of aliphatic imine (C=N–C) groups is 1. The minimum atomic E-state index is -1.59. The molecule has 1 atom stereocenters. The van der Waals surface area contributed by atoms with Gasteiger partial charge >= 0.3 is 5.97 Å². The zero-order valence-electron chi connectivity index (χ0n) is 23.2. The normalized spacial score (nSPS) is 13.3. The van der Waals surface area contributed by atoms with Gasteiger partial charge in [0.1, 0.15) is 29.1 Å². The summed E-state index contributed by atoms with van der Waals surface area (Å²) in [5.41, 5.74) is 10.6. The second-order valence-corrected chi connectivity index (χ2v) is 9.62. The van der Waals surface area contributed by atoms with Gasteiger partial charge in [-0.15, -0.1) is 0 Å². The van der Waals surface area contributed by atoms with E-state index in [4.69, 9.17) is 26.4 Å². The molecule has 1 aliphatic heterocycles. The van der Waals surface area contributed by atoms with Crippen LogP contribution in [0, 0.1) is 17.0 Å². The standard InChI is InChI=1S/C28H29F2N7O6/c1-36-11-10-34-25(36)15-4-3-5-16(12-15)42-26-21(29)23(37(2)17(28(40)41)7-9-20(31)39)22(30)27(35-26)43-19-13-14(24(32)33)6-8-18(19)38/h3-6,8,12-13,17,38H,7,9-11H2,1-2H3,(H2,31,39)(H3,32,33)(H,40,41). The molecule has 3 aromatic rings. The summed E-state index contributed by atoms with van der Waals surface area (Å²) in [5, 5.41) is 27.7. The number of amides is 1. The van der Waals surface area contributed by atoms with Crippen molar-refractivity contribution in [2.75, 3.05) is 32.1 Å². The molecule has 0 fully saturated rings. The number of nitrogens with two attached hydrogens (primary N) is 2. The number of halogens is 2. The lowest BCUT2D eigenvalue weighted by Crippen LogP contribution is -2.40. The molecule has 0 saturated heterocycles. The van der Waals surface area contributed by atoms with Crippen molar-refractivity contribution in [1.82, 2.24) is 9.88 Å². The molecule has 4 rings (SSSR count). The van der Waals surface area contributed by atoms with Gasteiger partial charge in [-0.2, -0.15) is 13.8 Å². The number of carbonyl (C=O) groups excluding carboxylic acids is 1. The molecule has 15 heteroatoms. The van der Waals surface area contributed by atoms with E-state index >= 15 is 8.78 Å². The van der Waals surface area contributed by atoms with E-state index in [1.165, 1.54) is 12.1 Å². The van der Waals surface area contributed by atoms with Crippen LogP contribution >= 0.6 is 0 Å². The van der Waals surface area contributed by atoms with Crippen LogP contribution in [0.4, 0.5) is 14.5 Å². The average Bonchev–Trinajstić information content (AvgIpc) is 3.38. The lowest BCUT2D eigenvalue weighted by molar-refractivity contribution is -0.138. The number of aliphatic carboxylic acids is 1. The number of nitrogens with one attached hydrogen (secondary N) is 1. The third-order valence-corrected chi connectivity index (χ3v) is 6.61. The molecule has 1 amide bonds. The number of rotatable bonds is 12. The number of aromatic hydroxyl groups is 1. The highest BCUT2D eigenvalue weighted by molar-refractivity contribution is 6.00. The molecule has 1 aromatic heterocycles. The van der Waals surface area contributed by atoms with Gasteiger partial charge in [0.2, 0.25) is 17.5 Å². The minimum Gasteiger partial charge on any atom is -0.504 e. The van der Waals surface area contributed by atoms with Crippen LogP contribution in [-0.2, 0) is 9.59 Å². The van der Waals surface area contributed by atoms with Crippen LogP contribution in [0.1, 0.15) is 24.0 Å². The summed E-state index contributed by atoms with van der Waals surface area (Å²) < 4.78 is 43.2. The minimum absolute atomic E-state index is 0.1000. The summed E-state index contributed by atoms with van der Waals surface area (Å²) >= 11 is 0. The van der Waals surface area contributed by atoms with E-state index in [0.29, 0.717) is 24.5 Å². The van der Waals surface area contributed by atoms with Gasteiger partial charge in [0, 0.05) is 38.2 Å². The maximum absolute atomic E-state index is 16.0. The molecule has 1 aliphatic rings. The van der Waals surface area contributed by atoms with Crippen molar-refractivity contribution in [3.63, 3.8) is 0 Å². The van der Waals surface area contributed by atoms with Gasteiger partial charge in [-0.3, -0.25) is 15.2 Å². The first-order chi connectivity index (χ1) is 20.4. The number of hydrogen-bond acceptors (Lipinski definition) is 10. The first-order valence-corrected chi connectivity index (χ1v) is 12.9. The Labute approximate surface area is 244 Å². The molecule has 0 bridgehead atoms. The molecule has 2 aromatic carbocycles. The molecule has 7 N–H and O–H groups in total. The highest BCUT2D eigenvalue weighted by Crippen LogP contribution is 2.40. The van der Waals surface area contributed by atoms with Crippen molar-refractivity contribution < 1.29 is 38.1 Å². The van der Waals surface area contributed by atoms with Crippen LogP contribution in [0.2, 0.25) is 0 Å². The fraction of sp³-hybridized carbons (Fsp3) is 0.250. The Kier molecular flexibility index (Phi) is 8.92. The van der Waals surface area contributed by atoms with Crippen LogP contribution in [-0.4, -0.2) is 76.9 Å². The number of carboxylic acids is 1. The van der Waals surface area contributed by atoms with Crippen LogP contribution in [0.25, 0.3) is 0 Å². The number of phenolic OH excluding ortho intramolecular Hbond substituents is 1. The van der Waals surface area contributed by atoms with Gasteiger partial charge in [0.05, 0.1) is 6.54 Å². The summed E-state index contributed by atoms with van der Waals surface area (Å²) in [6.07, 6.45) is -0.743. The van der Waals surface area contributed by atoms with Crippen molar-refractivity contribution >= 4 is 29.2 Å². The zero-order chi connectivity index (χ0) is 31.4. The van der Waals surface area contributed by atoms with E-state index in [2.05, 4.69) is 9.98 Å². The Bertz CT molecular complexity index is 1620. The number of phenols is 1. The largest absolute Gasteiger partial charge is 0.504 e. The highest BCUT2D eigenvalue weighted by atomic mass is 19.1. The van der Waals surface area contributed by atoms with Crippen LogP contribution in [0.3, 0.4) is 0 Å². The number of aromatic nitrogens is 1. The van der Waals surface area contributed by atoms with Crippen molar-refractivity contribution in [1.29, 1.82) is 5.41 Å². The van der Waals surface area contributed by atoms with Gasteiger partial charge in [-0.25, -0.2) is 4.79 Å². The van der Waals surface area contributed by atoms with Crippen LogP contribution in [0.15, 0.2) is 47.5 Å². The average molecular weight is 598 g/mol. The van der Waals surface area contributed by atoms with Crippen molar-refractivity contribution in [2.24, 2.45) is 16.5 Å². The van der Waals surface area contributed by atoms with Crippen molar-refractivity contribution in [3.8, 4) is 29.0 Å². The maximum Gasteiger partial charge on any atom is 0.326 e. The van der Waals surface area contributed by atoms with E-state index in [-0.39, 0.29) is 35.7 Å². The quantitative estimate of drug-likeness (QED) is 0.153. The van der Waals surface area contributed by atoms with Gasteiger partial charge in [0.15, 0.2) is 11.5 Å². The van der Waals surface area contributed by atoms with E-state index in [9.17, 15) is 19.8 Å². The van der Waals surface area contributed by atoms with E-state index in [0.717, 1.165) is 24.1 Å². The fourth-order valence-corrected chi connectivity index (χ4v) is 4.37. The molecule has 1 unspecified atom stereocenters. The molecule has 43 heavy (non-hydrogen) atoms. The zero-order valence-corrected chi connectivity index (χ0v) is 23.2. The molecule has 2 heterocycles. The second-order valence-electron chi connectivity index (χ2n) is 9.62. The number of likely N-dealkylation sites (N-methyl/N-ethyl adjacent to an activating group) is 2. The number of anilines is 1. The summed E-state index contributed by atoms with van der Waals surface area (Å²) in [6.45, 7) is 1.31. The lowest BCUT2D eigenvalue weighted by atomic mass is 10.1. The molecular weight excluding hydrogens is 568 g/mol. The van der Waals surface area contributed by atoms with Crippen molar-refractivity contribution in [2.45, 2.75) is 18.9 Å². The van der Waals surface area contributed by atoms with E-state index in [1.54, 1.807) is 18.2 Å². The number of carboxylic acid groups (broad SMARTS) is 1. The van der Waals surface area contributed by atoms with E-state index < -0.39 is 52.7 Å². The Balaban J connectivity index is 1.82. The van der Waals surface area contributed by atoms with Crippen molar-refractivity contribution in [3.05, 3.63) is 65.2 Å². The Hall–Kier alpha value is -5.47. The molecular formula is C28H29F2N7O6. The molecule has 226 valence electrons. The number of pyridine rings is 1. The van der Waals surface area contributed by atoms with Gasteiger partial charge in [-0.1, -0.05) is 12.1 Å². The highest BCUT2D eigenvalue weighted by Gasteiger charge is 2.33. The second kappa shape index (κ2) is 12.6. The van der Waals surface area contributed by atoms with Gasteiger partial charge < -0.3 is 41.0 Å². The van der Waals surface area contributed by atoms with Crippen LogP contribution < -0.4 is 25.8 Å². The number of ether oxygens (including phenoxy) is 2. The topological polar surface area (TPSA) is 201 Å². The molecule has 13 nitrogen and oxygen atoms in total. The predicted molar refractivity (Wildman–Crippen MR) is 152 cm³/mol. The number of nitrogen functional groups attached to an aromatic ring is 1. The summed E-state index contributed by atoms with van der Waals surface area (Å²) in [7, 11) is 2.97. The molecule has 0 saturated carbocycles. The van der Waals surface area contributed by atoms with Gasteiger partial charge in [-0.05, 0) is 36.8 Å². The first-order valence-electron chi connectivity index (χ1n) is 12.9. The molecule has 0 aliphatic carbocycles. The molecule has 0 radical (unpaired) electrons. The monoisotopic (exact) mass is 597 g/mol. The maximum atomic E-state index is 16.0. The smallest absolute Gasteiger partial charge is 0.326 e. The fourth-order valence-electron chi connectivity index (χ4n) is 4.37. The first kappa shape index (κ1) is 30.5. The third-order valence-electron chi connectivity index (χ3n) is 6.61. The summed E-state index contributed by atoms with van der Waals surface area (Å²) in [4.78, 5) is 34.4. The summed E-state index contributed by atoms with van der Waals surface area (Å²) in [5.74, 6) is -7.19. The Morgan fingerprint density at radius 1 is 1.14 bits per heavy atom. The Morgan fingerprint density at radius 2 is 1.84 bits per heavy atom. The number of benzene rings is 2. The third kappa shape index (κ3) is 6.72. The Morgan fingerprint density at radius 3 is 2.44 bits per heavy atom. The van der Waals surface area contributed by atoms with E-state index in [1.807, 2.05) is 11.9 Å². The number of carbonyl (C=O) groups is 2. The van der Waals surface area contributed by atoms with Gasteiger partial charge in [0.25, 0.3) is 11.8 Å². The SMILES string of the molecule is CN1CCN=C1c1cccc(Oc2nc(Oc3cc(C(=N)N)ccc3O)c(F)c(N(C)C(CCC(N)=O)C(=O)O)c2F)c1. The number of amidine groups is 2. The molecule has 0 spiro atoms. The predicted octanol–water partition coefficient (Wildman–Crippen LogP) is 2.78. The number of hydrogen-bond donors (Lipinski definition) is 5.